The molecule has 8 heteroatoms. The number of aromatic carboxylic acids is 1. The van der Waals surface area contributed by atoms with Crippen LogP contribution in [0.2, 0.25) is 5.02 Å². The molecule has 4 aliphatic rings. The molecule has 3 aromatic rings. The van der Waals surface area contributed by atoms with Gasteiger partial charge in [0.1, 0.15) is 11.7 Å². The zero-order valence-electron chi connectivity index (χ0n) is 21.2. The van der Waals surface area contributed by atoms with Crippen molar-refractivity contribution in [2.75, 3.05) is 6.54 Å². The van der Waals surface area contributed by atoms with Gasteiger partial charge in [-0.2, -0.15) is 0 Å². The number of hydrogen-bond acceptors (Lipinski definition) is 3. The molecule has 3 N–H and O–H groups in total. The summed E-state index contributed by atoms with van der Waals surface area (Å²) in [5, 5.41) is 14.5. The number of carboxylic acid groups (broad SMARTS) is 1. The molecule has 1 heterocycles. The predicted molar refractivity (Wildman–Crippen MR) is 145 cm³/mol. The molecule has 4 bridgehead atoms. The highest BCUT2D eigenvalue weighted by atomic mass is 35.5. The van der Waals surface area contributed by atoms with Crippen molar-refractivity contribution in [1.82, 2.24) is 15.2 Å². The van der Waals surface area contributed by atoms with Gasteiger partial charge in [-0.3, -0.25) is 9.59 Å². The zero-order chi connectivity index (χ0) is 26.4. The summed E-state index contributed by atoms with van der Waals surface area (Å²) in [6.07, 6.45) is 7.80. The van der Waals surface area contributed by atoms with Gasteiger partial charge < -0.3 is 20.3 Å². The highest BCUT2D eigenvalue weighted by molar-refractivity contribution is 6.31. The van der Waals surface area contributed by atoms with Gasteiger partial charge in [0.15, 0.2) is 0 Å². The fourth-order valence-corrected chi connectivity index (χ4v) is 8.00. The Bertz CT molecular complexity index is 1350. The maximum atomic E-state index is 14.3. The van der Waals surface area contributed by atoms with Crippen molar-refractivity contribution >= 4 is 40.8 Å². The van der Waals surface area contributed by atoms with E-state index in [2.05, 4.69) is 10.3 Å². The van der Waals surface area contributed by atoms with E-state index >= 15 is 0 Å². The molecular weight excluding hydrogens is 502 g/mol. The Morgan fingerprint density at radius 2 is 1.74 bits per heavy atom. The van der Waals surface area contributed by atoms with Gasteiger partial charge in [-0.05, 0) is 80.4 Å². The van der Waals surface area contributed by atoms with Crippen LogP contribution in [0.4, 0.5) is 0 Å². The van der Waals surface area contributed by atoms with E-state index in [-0.39, 0.29) is 23.7 Å². The molecule has 0 saturated heterocycles. The summed E-state index contributed by atoms with van der Waals surface area (Å²) in [7, 11) is 0. The monoisotopic (exact) mass is 533 g/mol. The topological polar surface area (TPSA) is 102 Å². The number of carbonyl (C=O) groups is 3. The molecule has 7 rings (SSSR count). The molecule has 0 radical (unpaired) electrons. The first-order valence-electron chi connectivity index (χ1n) is 13.5. The predicted octanol–water partition coefficient (Wildman–Crippen LogP) is 5.35. The van der Waals surface area contributed by atoms with Gasteiger partial charge >= 0.3 is 5.97 Å². The van der Waals surface area contributed by atoms with E-state index in [0.29, 0.717) is 52.1 Å². The summed E-state index contributed by atoms with van der Waals surface area (Å²) in [6.45, 7) is 0.270. The number of rotatable bonds is 9. The summed E-state index contributed by atoms with van der Waals surface area (Å²) in [4.78, 5) is 43.6. The number of aromatic amines is 1. The molecule has 198 valence electrons. The number of hydrogen-bond donors (Lipinski definition) is 3. The molecule has 4 aliphatic carbocycles. The summed E-state index contributed by atoms with van der Waals surface area (Å²) >= 11 is 6.20. The van der Waals surface area contributed by atoms with Crippen molar-refractivity contribution < 1.29 is 19.5 Å². The lowest BCUT2D eigenvalue weighted by atomic mass is 9.53. The third-order valence-electron chi connectivity index (χ3n) is 8.93. The third kappa shape index (κ3) is 4.57. The minimum atomic E-state index is -1.19. The Morgan fingerprint density at radius 1 is 1.08 bits per heavy atom. The van der Waals surface area contributed by atoms with E-state index in [1.54, 1.807) is 18.2 Å². The minimum absolute atomic E-state index is 0.0977. The molecule has 0 spiro atoms. The van der Waals surface area contributed by atoms with Gasteiger partial charge in [0.05, 0.1) is 0 Å². The number of aromatic nitrogens is 1. The number of H-pyrrole nitrogens is 1. The van der Waals surface area contributed by atoms with Crippen molar-refractivity contribution in [2.45, 2.75) is 56.5 Å². The third-order valence-corrected chi connectivity index (χ3v) is 9.17. The zero-order valence-corrected chi connectivity index (χ0v) is 21.9. The standard InChI is InChI=1S/C30H32ClN3O4/c31-22-6-7-23-24(13-22)32-26(29(37)38)25(23)27(34(17-35)9-8-18-4-2-1-3-5-18)28(36)33-30-14-19-10-20(15-30)12-21(11-19)16-30/h1-7,13,17,19-21,27,32H,8-12,14-16H2,(H,33,36)(H,37,38). The van der Waals surface area contributed by atoms with Crippen molar-refractivity contribution in [3.8, 4) is 0 Å². The second-order valence-electron chi connectivity index (χ2n) is 11.6. The Kier molecular flexibility index (Phi) is 6.42. The highest BCUT2D eigenvalue weighted by Gasteiger charge is 2.52. The molecule has 1 unspecified atom stereocenters. The molecule has 1 aromatic heterocycles. The van der Waals surface area contributed by atoms with Crippen LogP contribution in [0.25, 0.3) is 10.9 Å². The highest BCUT2D eigenvalue weighted by Crippen LogP contribution is 2.55. The SMILES string of the molecule is O=CN(CCc1ccccc1)C(C(=O)NC12CC3CC(CC(C3)C1)C2)c1c(C(=O)O)[nH]c2cc(Cl)ccc12. The first-order valence-corrected chi connectivity index (χ1v) is 13.8. The smallest absolute Gasteiger partial charge is 0.352 e. The van der Waals surface area contributed by atoms with Crippen LogP contribution in [0.15, 0.2) is 48.5 Å². The van der Waals surface area contributed by atoms with E-state index in [0.717, 1.165) is 24.8 Å². The lowest BCUT2D eigenvalue weighted by molar-refractivity contribution is -0.137. The van der Waals surface area contributed by atoms with E-state index in [9.17, 15) is 19.5 Å². The van der Waals surface area contributed by atoms with Crippen LogP contribution < -0.4 is 5.32 Å². The van der Waals surface area contributed by atoms with E-state index in [1.165, 1.54) is 24.2 Å². The Morgan fingerprint density at radius 3 is 2.34 bits per heavy atom. The van der Waals surface area contributed by atoms with Gasteiger partial charge in [0.25, 0.3) is 0 Å². The van der Waals surface area contributed by atoms with E-state index < -0.39 is 12.0 Å². The van der Waals surface area contributed by atoms with Crippen LogP contribution in [-0.4, -0.2) is 45.4 Å². The van der Waals surface area contributed by atoms with Crippen LogP contribution in [-0.2, 0) is 16.0 Å². The van der Waals surface area contributed by atoms with Gasteiger partial charge in [-0.15, -0.1) is 0 Å². The first kappa shape index (κ1) is 25.0. The maximum Gasteiger partial charge on any atom is 0.352 e. The molecule has 4 saturated carbocycles. The van der Waals surface area contributed by atoms with Crippen molar-refractivity contribution in [3.05, 3.63) is 70.4 Å². The first-order chi connectivity index (χ1) is 18.3. The van der Waals surface area contributed by atoms with Crippen LogP contribution in [0, 0.1) is 17.8 Å². The summed E-state index contributed by atoms with van der Waals surface area (Å²) < 4.78 is 0. The number of fused-ring (bicyclic) bond motifs is 1. The van der Waals surface area contributed by atoms with Crippen LogP contribution in [0.5, 0.6) is 0 Å². The normalized spacial score (nSPS) is 26.3. The van der Waals surface area contributed by atoms with Crippen LogP contribution in [0.1, 0.15) is 66.2 Å². The quantitative estimate of drug-likeness (QED) is 0.323. The molecule has 2 aromatic carbocycles. The van der Waals surface area contributed by atoms with Gasteiger partial charge in [0.2, 0.25) is 12.3 Å². The molecule has 1 atom stereocenters. The number of benzene rings is 2. The molecule has 7 nitrogen and oxygen atoms in total. The molecular formula is C30H32ClN3O4. The lowest BCUT2D eigenvalue weighted by Gasteiger charge is -2.57. The fourth-order valence-electron chi connectivity index (χ4n) is 7.83. The maximum absolute atomic E-state index is 14.3. The summed E-state index contributed by atoms with van der Waals surface area (Å²) in [6, 6.07) is 13.7. The van der Waals surface area contributed by atoms with Gasteiger partial charge in [-0.1, -0.05) is 48.0 Å². The fraction of sp³-hybridized carbons (Fsp3) is 0.433. The minimum Gasteiger partial charge on any atom is -0.477 e. The van der Waals surface area contributed by atoms with Crippen molar-refractivity contribution in [1.29, 1.82) is 0 Å². The van der Waals surface area contributed by atoms with Crippen molar-refractivity contribution in [3.63, 3.8) is 0 Å². The Labute approximate surface area is 226 Å². The average molecular weight is 534 g/mol. The Hall–Kier alpha value is -3.32. The van der Waals surface area contributed by atoms with E-state index in [4.69, 9.17) is 11.6 Å². The number of amides is 2. The number of carbonyl (C=O) groups excluding carboxylic acids is 2. The van der Waals surface area contributed by atoms with Crippen LogP contribution >= 0.6 is 11.6 Å². The van der Waals surface area contributed by atoms with Crippen molar-refractivity contribution in [2.24, 2.45) is 17.8 Å². The lowest BCUT2D eigenvalue weighted by Crippen LogP contribution is -2.61. The number of nitrogens with zero attached hydrogens (tertiary/aromatic N) is 1. The van der Waals surface area contributed by atoms with Gasteiger partial charge in [-0.25, -0.2) is 4.79 Å². The molecule has 4 fully saturated rings. The summed E-state index contributed by atoms with van der Waals surface area (Å²) in [5.41, 5.74) is 1.47. The number of halogens is 1. The molecule has 2 amide bonds. The largest absolute Gasteiger partial charge is 0.477 e. The van der Waals surface area contributed by atoms with Gasteiger partial charge in [0, 0.05) is 33.6 Å². The average Bonchev–Trinajstić information content (AvgIpc) is 3.24. The summed E-state index contributed by atoms with van der Waals surface area (Å²) in [5.74, 6) is 0.388. The Balaban J connectivity index is 1.40. The molecule has 0 aliphatic heterocycles. The second kappa shape index (κ2) is 9.77. The number of nitrogens with one attached hydrogen (secondary N) is 2. The number of carboxylic acids is 1. The molecule has 38 heavy (non-hydrogen) atoms. The van der Waals surface area contributed by atoms with E-state index in [1.807, 2.05) is 30.3 Å². The van der Waals surface area contributed by atoms with Crippen LogP contribution in [0.3, 0.4) is 0 Å². The second-order valence-corrected chi connectivity index (χ2v) is 12.0.